The number of nitrogens with one attached hydrogen (secondary N) is 2. The molecule has 29 heavy (non-hydrogen) atoms. The normalized spacial score (nSPS) is 10.7. The number of ether oxygens (including phenoxy) is 1. The lowest BCUT2D eigenvalue weighted by atomic mass is 10.1. The average molecular weight is 398 g/mol. The number of hydrogen-bond acceptors (Lipinski definition) is 3. The predicted octanol–water partition coefficient (Wildman–Crippen LogP) is 3.88. The summed E-state index contributed by atoms with van der Waals surface area (Å²) >= 11 is 0. The van der Waals surface area contributed by atoms with Crippen molar-refractivity contribution in [3.8, 4) is 5.75 Å². The van der Waals surface area contributed by atoms with E-state index >= 15 is 0 Å². The first kappa shape index (κ1) is 20.3. The maximum Gasteiger partial charge on any atom is 0.387 e. The summed E-state index contributed by atoms with van der Waals surface area (Å²) in [5, 5.41) is 7.48. The number of carbonyl (C=O) groups is 2. The van der Waals surface area contributed by atoms with Crippen LogP contribution in [0, 0.1) is 0 Å². The van der Waals surface area contributed by atoms with Crippen molar-refractivity contribution in [2.24, 2.45) is 0 Å². The molecule has 0 saturated heterocycles. The smallest absolute Gasteiger partial charge is 0.387 e. The molecule has 150 valence electrons. The van der Waals surface area contributed by atoms with Gasteiger partial charge in [0.05, 0.1) is 0 Å². The Morgan fingerprint density at radius 1 is 0.897 bits per heavy atom. The monoisotopic (exact) mass is 398 g/mol. The first-order valence-electron chi connectivity index (χ1n) is 9.09. The van der Waals surface area contributed by atoms with E-state index in [9.17, 15) is 18.4 Å². The molecule has 0 saturated carbocycles. The van der Waals surface area contributed by atoms with E-state index in [4.69, 9.17) is 0 Å². The zero-order valence-electron chi connectivity index (χ0n) is 15.5. The van der Waals surface area contributed by atoms with Crippen molar-refractivity contribution in [1.82, 2.24) is 10.6 Å². The summed E-state index contributed by atoms with van der Waals surface area (Å²) < 4.78 is 28.5. The number of alkyl halides is 2. The van der Waals surface area contributed by atoms with E-state index in [0.717, 1.165) is 16.3 Å². The Bertz CT molecular complexity index is 991. The molecule has 0 aromatic heterocycles. The Labute approximate surface area is 166 Å². The van der Waals surface area contributed by atoms with Crippen molar-refractivity contribution in [2.75, 3.05) is 6.54 Å². The average Bonchev–Trinajstić information content (AvgIpc) is 2.72. The molecule has 0 atom stereocenters. The van der Waals surface area contributed by atoms with Gasteiger partial charge in [-0.3, -0.25) is 9.59 Å². The van der Waals surface area contributed by atoms with E-state index in [1.807, 2.05) is 36.4 Å². The Balaban J connectivity index is 1.41. The first-order valence-corrected chi connectivity index (χ1v) is 9.09. The number of halogens is 2. The molecular weight excluding hydrogens is 378 g/mol. The van der Waals surface area contributed by atoms with Crippen LogP contribution in [0.5, 0.6) is 5.75 Å². The quantitative estimate of drug-likeness (QED) is 0.605. The number of amides is 2. The van der Waals surface area contributed by atoms with Crippen LogP contribution in [0.25, 0.3) is 10.8 Å². The van der Waals surface area contributed by atoms with Crippen molar-refractivity contribution in [3.05, 3.63) is 77.9 Å². The number of fused-ring (bicyclic) bond motifs is 1. The Morgan fingerprint density at radius 3 is 2.34 bits per heavy atom. The lowest BCUT2D eigenvalue weighted by Gasteiger charge is -2.08. The molecule has 2 amide bonds. The fourth-order valence-corrected chi connectivity index (χ4v) is 2.80. The summed E-state index contributed by atoms with van der Waals surface area (Å²) in [5.41, 5.74) is 1.29. The summed E-state index contributed by atoms with van der Waals surface area (Å²) in [6.07, 6.45) is 0.131. The van der Waals surface area contributed by atoms with Crippen LogP contribution in [0.15, 0.2) is 66.7 Å². The van der Waals surface area contributed by atoms with Gasteiger partial charge in [0.2, 0.25) is 5.91 Å². The van der Waals surface area contributed by atoms with Gasteiger partial charge >= 0.3 is 6.61 Å². The summed E-state index contributed by atoms with van der Waals surface area (Å²) in [5.74, 6) is -0.402. The minimum Gasteiger partial charge on any atom is -0.435 e. The summed E-state index contributed by atoms with van der Waals surface area (Å²) in [6, 6.07) is 19.2. The molecule has 2 N–H and O–H groups in total. The van der Waals surface area contributed by atoms with Crippen LogP contribution in [-0.4, -0.2) is 25.0 Å². The number of benzene rings is 3. The van der Waals surface area contributed by atoms with Crippen LogP contribution in [0.4, 0.5) is 8.78 Å². The second-order valence-electron chi connectivity index (χ2n) is 6.37. The Kier molecular flexibility index (Phi) is 6.73. The number of hydrogen-bond donors (Lipinski definition) is 2. The highest BCUT2D eigenvalue weighted by Gasteiger charge is 2.08. The lowest BCUT2D eigenvalue weighted by molar-refractivity contribution is -0.121. The van der Waals surface area contributed by atoms with Gasteiger partial charge in [-0.05, 0) is 40.6 Å². The molecule has 0 spiro atoms. The van der Waals surface area contributed by atoms with E-state index in [-0.39, 0.29) is 37.1 Å². The van der Waals surface area contributed by atoms with Crippen LogP contribution in [-0.2, 0) is 11.3 Å². The molecule has 0 aliphatic heterocycles. The van der Waals surface area contributed by atoms with E-state index in [2.05, 4.69) is 15.4 Å². The van der Waals surface area contributed by atoms with Crippen molar-refractivity contribution >= 4 is 22.6 Å². The van der Waals surface area contributed by atoms with Crippen LogP contribution >= 0.6 is 0 Å². The van der Waals surface area contributed by atoms with Gasteiger partial charge in [0.25, 0.3) is 5.91 Å². The van der Waals surface area contributed by atoms with Gasteiger partial charge in [-0.15, -0.1) is 0 Å². The van der Waals surface area contributed by atoms with Crippen LogP contribution in [0.1, 0.15) is 22.3 Å². The van der Waals surface area contributed by atoms with Crippen molar-refractivity contribution in [2.45, 2.75) is 19.6 Å². The van der Waals surface area contributed by atoms with Crippen molar-refractivity contribution in [1.29, 1.82) is 0 Å². The topological polar surface area (TPSA) is 67.4 Å². The third kappa shape index (κ3) is 6.00. The number of carbonyl (C=O) groups excluding carboxylic acids is 2. The Hall–Kier alpha value is -3.48. The van der Waals surface area contributed by atoms with E-state index in [1.165, 1.54) is 12.1 Å². The molecular formula is C22H20F2N2O3. The third-order valence-electron chi connectivity index (χ3n) is 4.29. The maximum absolute atomic E-state index is 12.2. The zero-order chi connectivity index (χ0) is 20.6. The summed E-state index contributed by atoms with van der Waals surface area (Å²) in [4.78, 5) is 24.2. The maximum atomic E-state index is 12.2. The van der Waals surface area contributed by atoms with E-state index in [0.29, 0.717) is 5.56 Å². The zero-order valence-corrected chi connectivity index (χ0v) is 15.5. The molecule has 0 fully saturated rings. The minimum absolute atomic E-state index is 0.0616. The summed E-state index contributed by atoms with van der Waals surface area (Å²) in [6.45, 7) is -2.41. The van der Waals surface area contributed by atoms with Gasteiger partial charge in [-0.25, -0.2) is 0 Å². The molecule has 3 aromatic carbocycles. The highest BCUT2D eigenvalue weighted by molar-refractivity contribution is 5.98. The Morgan fingerprint density at radius 2 is 1.62 bits per heavy atom. The SMILES string of the molecule is O=C(CCNC(=O)c1ccc2ccccc2c1)NCc1ccc(OC(F)F)cc1. The molecule has 0 aliphatic rings. The fraction of sp³-hybridized carbons (Fsp3) is 0.182. The molecule has 0 bridgehead atoms. The van der Waals surface area contributed by atoms with Gasteiger partial charge in [-0.1, -0.05) is 42.5 Å². The van der Waals surface area contributed by atoms with Crippen LogP contribution < -0.4 is 15.4 Å². The van der Waals surface area contributed by atoms with E-state index in [1.54, 1.807) is 18.2 Å². The van der Waals surface area contributed by atoms with Crippen molar-refractivity contribution < 1.29 is 23.1 Å². The largest absolute Gasteiger partial charge is 0.435 e. The van der Waals surface area contributed by atoms with Gasteiger partial charge < -0.3 is 15.4 Å². The fourth-order valence-electron chi connectivity index (χ4n) is 2.80. The molecule has 3 aromatic rings. The standard InChI is InChI=1S/C22H20F2N2O3/c23-22(24)29-19-9-5-15(6-10-19)14-26-20(27)11-12-25-21(28)18-8-7-16-3-1-2-4-17(16)13-18/h1-10,13,22H,11-12,14H2,(H,25,28)(H,26,27). The van der Waals surface area contributed by atoms with Gasteiger partial charge in [-0.2, -0.15) is 8.78 Å². The molecule has 0 unspecified atom stereocenters. The predicted molar refractivity (Wildman–Crippen MR) is 106 cm³/mol. The highest BCUT2D eigenvalue weighted by Crippen LogP contribution is 2.16. The second-order valence-corrected chi connectivity index (χ2v) is 6.37. The molecule has 7 heteroatoms. The minimum atomic E-state index is -2.87. The van der Waals surface area contributed by atoms with Crippen LogP contribution in [0.2, 0.25) is 0 Å². The lowest BCUT2D eigenvalue weighted by Crippen LogP contribution is -2.30. The van der Waals surface area contributed by atoms with Gasteiger partial charge in [0, 0.05) is 25.1 Å². The van der Waals surface area contributed by atoms with Gasteiger partial charge in [0.1, 0.15) is 5.75 Å². The first-order chi connectivity index (χ1) is 14.0. The molecule has 0 aliphatic carbocycles. The number of rotatable bonds is 8. The summed E-state index contributed by atoms with van der Waals surface area (Å²) in [7, 11) is 0. The second kappa shape index (κ2) is 9.64. The van der Waals surface area contributed by atoms with E-state index < -0.39 is 6.61 Å². The van der Waals surface area contributed by atoms with Crippen LogP contribution in [0.3, 0.4) is 0 Å². The molecule has 5 nitrogen and oxygen atoms in total. The van der Waals surface area contributed by atoms with Gasteiger partial charge in [0.15, 0.2) is 0 Å². The molecule has 3 rings (SSSR count). The van der Waals surface area contributed by atoms with Crippen molar-refractivity contribution in [3.63, 3.8) is 0 Å². The molecule has 0 radical (unpaired) electrons. The molecule has 0 heterocycles. The third-order valence-corrected chi connectivity index (χ3v) is 4.29. The highest BCUT2D eigenvalue weighted by atomic mass is 19.3.